The summed E-state index contributed by atoms with van der Waals surface area (Å²) < 4.78 is 13.4. The van der Waals surface area contributed by atoms with Gasteiger partial charge in [-0.1, -0.05) is 54.1 Å². The second kappa shape index (κ2) is 8.57. The number of anilines is 1. The Bertz CT molecular complexity index is 1270. The predicted octanol–water partition coefficient (Wildman–Crippen LogP) is 5.22. The Labute approximate surface area is 181 Å². The van der Waals surface area contributed by atoms with E-state index in [1.54, 1.807) is 42.5 Å². The summed E-state index contributed by atoms with van der Waals surface area (Å²) in [6, 6.07) is 18.6. The molecule has 0 aliphatic rings. The van der Waals surface area contributed by atoms with Crippen molar-refractivity contribution in [1.82, 2.24) is 10.2 Å². The highest BCUT2D eigenvalue weighted by atomic mass is 35.5. The number of H-pyrrole nitrogens is 1. The van der Waals surface area contributed by atoms with E-state index in [-0.39, 0.29) is 11.4 Å². The van der Waals surface area contributed by atoms with E-state index >= 15 is 0 Å². The van der Waals surface area contributed by atoms with Crippen LogP contribution in [0.2, 0.25) is 5.02 Å². The van der Waals surface area contributed by atoms with Crippen molar-refractivity contribution in [2.24, 2.45) is 0 Å². The standard InChI is InChI=1S/C23H17ClFN3O3/c24-18-10-14(7-9-19(18)25)15-6-8-16-20(11-15)27-28-22(16)26-23(31)17(12-21(29)30)13-4-2-1-3-5-13/h1-11,17H,12H2,(H,29,30)(H2,26,27,28,31). The number of nitrogens with one attached hydrogen (secondary N) is 2. The summed E-state index contributed by atoms with van der Waals surface area (Å²) in [4.78, 5) is 24.2. The maximum atomic E-state index is 13.4. The quantitative estimate of drug-likeness (QED) is 0.385. The topological polar surface area (TPSA) is 95.1 Å². The molecule has 0 spiro atoms. The number of rotatable bonds is 6. The van der Waals surface area contributed by atoms with E-state index in [0.717, 1.165) is 11.1 Å². The van der Waals surface area contributed by atoms with Gasteiger partial charge >= 0.3 is 5.97 Å². The van der Waals surface area contributed by atoms with E-state index in [9.17, 15) is 19.1 Å². The minimum atomic E-state index is -1.07. The number of benzene rings is 3. The van der Waals surface area contributed by atoms with Crippen molar-refractivity contribution in [1.29, 1.82) is 0 Å². The Morgan fingerprint density at radius 1 is 1.06 bits per heavy atom. The zero-order valence-electron chi connectivity index (χ0n) is 16.1. The van der Waals surface area contributed by atoms with Crippen LogP contribution >= 0.6 is 11.6 Å². The normalized spacial score (nSPS) is 11.9. The lowest BCUT2D eigenvalue weighted by Gasteiger charge is -2.14. The molecule has 0 saturated heterocycles. The van der Waals surface area contributed by atoms with Gasteiger partial charge in [0.2, 0.25) is 5.91 Å². The number of aliphatic carboxylic acids is 1. The molecule has 156 valence electrons. The lowest BCUT2D eigenvalue weighted by atomic mass is 9.95. The van der Waals surface area contributed by atoms with Crippen LogP contribution in [0, 0.1) is 5.82 Å². The average molecular weight is 438 g/mol. The summed E-state index contributed by atoms with van der Waals surface area (Å²) in [5.74, 6) is -2.58. The highest BCUT2D eigenvalue weighted by Crippen LogP contribution is 2.30. The van der Waals surface area contributed by atoms with Gasteiger partial charge < -0.3 is 10.4 Å². The van der Waals surface area contributed by atoms with Gasteiger partial charge in [-0.2, -0.15) is 5.10 Å². The number of aromatic amines is 1. The molecule has 1 unspecified atom stereocenters. The second-order valence-corrected chi connectivity index (χ2v) is 7.42. The zero-order valence-corrected chi connectivity index (χ0v) is 16.9. The second-order valence-electron chi connectivity index (χ2n) is 7.01. The number of nitrogens with zero attached hydrogens (tertiary/aromatic N) is 1. The Hall–Kier alpha value is -3.71. The van der Waals surface area contributed by atoms with Crippen molar-refractivity contribution in [2.75, 3.05) is 5.32 Å². The third kappa shape index (κ3) is 4.41. The first kappa shape index (κ1) is 20.6. The van der Waals surface area contributed by atoms with E-state index < -0.39 is 23.6 Å². The Balaban J connectivity index is 1.61. The summed E-state index contributed by atoms with van der Waals surface area (Å²) >= 11 is 5.88. The number of halogens is 2. The van der Waals surface area contributed by atoms with E-state index in [0.29, 0.717) is 22.3 Å². The fraction of sp³-hybridized carbons (Fsp3) is 0.0870. The molecular weight excluding hydrogens is 421 g/mol. The van der Waals surface area contributed by atoms with Gasteiger partial charge in [0.05, 0.1) is 22.9 Å². The molecule has 8 heteroatoms. The Morgan fingerprint density at radius 2 is 1.77 bits per heavy atom. The minimum absolute atomic E-state index is 0.0283. The summed E-state index contributed by atoms with van der Waals surface area (Å²) in [5, 5.41) is 19.7. The summed E-state index contributed by atoms with van der Waals surface area (Å²) in [6.07, 6.45) is -0.340. The molecule has 1 atom stereocenters. The minimum Gasteiger partial charge on any atom is -0.481 e. The monoisotopic (exact) mass is 437 g/mol. The molecule has 1 heterocycles. The fourth-order valence-electron chi connectivity index (χ4n) is 3.40. The zero-order chi connectivity index (χ0) is 22.0. The molecule has 4 rings (SSSR count). The van der Waals surface area contributed by atoms with Crippen molar-refractivity contribution < 1.29 is 19.1 Å². The molecule has 0 fully saturated rings. The van der Waals surface area contributed by atoms with Gasteiger partial charge in [0, 0.05) is 5.39 Å². The van der Waals surface area contributed by atoms with Crippen LogP contribution in [0.3, 0.4) is 0 Å². The van der Waals surface area contributed by atoms with E-state index in [1.807, 2.05) is 12.1 Å². The number of carbonyl (C=O) groups is 2. The fourth-order valence-corrected chi connectivity index (χ4v) is 3.58. The molecule has 3 N–H and O–H groups in total. The maximum absolute atomic E-state index is 13.4. The van der Waals surface area contributed by atoms with Gasteiger partial charge in [0.1, 0.15) is 5.82 Å². The van der Waals surface area contributed by atoms with Crippen LogP contribution < -0.4 is 5.32 Å². The average Bonchev–Trinajstić information content (AvgIpc) is 3.16. The van der Waals surface area contributed by atoms with Crippen LogP contribution in [0.1, 0.15) is 17.9 Å². The number of hydrogen-bond acceptors (Lipinski definition) is 3. The van der Waals surface area contributed by atoms with Gasteiger partial charge in [-0.25, -0.2) is 4.39 Å². The molecule has 0 aliphatic heterocycles. The lowest BCUT2D eigenvalue weighted by Crippen LogP contribution is -2.23. The maximum Gasteiger partial charge on any atom is 0.304 e. The number of carboxylic acid groups (broad SMARTS) is 1. The molecule has 0 saturated carbocycles. The number of carbonyl (C=O) groups excluding carboxylic acids is 1. The highest BCUT2D eigenvalue weighted by molar-refractivity contribution is 6.31. The molecule has 31 heavy (non-hydrogen) atoms. The van der Waals surface area contributed by atoms with Crippen LogP contribution in [0.15, 0.2) is 66.7 Å². The number of fused-ring (bicyclic) bond motifs is 1. The predicted molar refractivity (Wildman–Crippen MR) is 117 cm³/mol. The van der Waals surface area contributed by atoms with Crippen molar-refractivity contribution >= 4 is 40.2 Å². The largest absolute Gasteiger partial charge is 0.481 e. The number of amides is 1. The van der Waals surface area contributed by atoms with E-state index in [2.05, 4.69) is 15.5 Å². The summed E-state index contributed by atoms with van der Waals surface area (Å²) in [7, 11) is 0. The number of aromatic nitrogens is 2. The van der Waals surface area contributed by atoms with Gasteiger partial charge in [0.25, 0.3) is 0 Å². The Morgan fingerprint density at radius 3 is 2.48 bits per heavy atom. The van der Waals surface area contributed by atoms with Crippen LogP contribution in [0.25, 0.3) is 22.0 Å². The summed E-state index contributed by atoms with van der Waals surface area (Å²) in [5.41, 5.74) is 2.79. The first-order chi connectivity index (χ1) is 14.9. The smallest absolute Gasteiger partial charge is 0.304 e. The molecule has 1 amide bonds. The lowest BCUT2D eigenvalue weighted by molar-refractivity contribution is -0.139. The van der Waals surface area contributed by atoms with Gasteiger partial charge in [-0.15, -0.1) is 0 Å². The molecule has 3 aromatic carbocycles. The number of carboxylic acids is 1. The van der Waals surface area contributed by atoms with E-state index in [1.165, 1.54) is 12.1 Å². The van der Waals surface area contributed by atoms with Crippen LogP contribution in [-0.2, 0) is 9.59 Å². The molecule has 4 aromatic rings. The SMILES string of the molecule is O=C(O)CC(C(=O)Nc1n[nH]c2cc(-c3ccc(F)c(Cl)c3)ccc12)c1ccccc1. The number of hydrogen-bond donors (Lipinski definition) is 3. The van der Waals surface area contributed by atoms with Crippen molar-refractivity contribution in [2.45, 2.75) is 12.3 Å². The Kier molecular flexibility index (Phi) is 5.68. The molecular formula is C23H17ClFN3O3. The van der Waals surface area contributed by atoms with E-state index in [4.69, 9.17) is 11.6 Å². The molecule has 6 nitrogen and oxygen atoms in total. The van der Waals surface area contributed by atoms with Gasteiger partial charge in [-0.3, -0.25) is 14.7 Å². The van der Waals surface area contributed by atoms with Gasteiger partial charge in [-0.05, 0) is 41.0 Å². The van der Waals surface area contributed by atoms with Crippen LogP contribution in [0.5, 0.6) is 0 Å². The highest BCUT2D eigenvalue weighted by Gasteiger charge is 2.25. The van der Waals surface area contributed by atoms with Crippen molar-refractivity contribution in [3.05, 3.63) is 83.1 Å². The summed E-state index contributed by atoms with van der Waals surface area (Å²) in [6.45, 7) is 0. The third-order valence-corrected chi connectivity index (χ3v) is 5.24. The molecule has 1 aromatic heterocycles. The van der Waals surface area contributed by atoms with Crippen LogP contribution in [-0.4, -0.2) is 27.2 Å². The first-order valence-electron chi connectivity index (χ1n) is 9.43. The molecule has 0 bridgehead atoms. The van der Waals surface area contributed by atoms with Gasteiger partial charge in [0.15, 0.2) is 5.82 Å². The van der Waals surface area contributed by atoms with Crippen molar-refractivity contribution in [3.63, 3.8) is 0 Å². The third-order valence-electron chi connectivity index (χ3n) is 4.95. The van der Waals surface area contributed by atoms with Crippen molar-refractivity contribution in [3.8, 4) is 11.1 Å². The van der Waals surface area contributed by atoms with Crippen LogP contribution in [0.4, 0.5) is 10.2 Å². The molecule has 0 aliphatic carbocycles. The first-order valence-corrected chi connectivity index (χ1v) is 9.81. The molecule has 0 radical (unpaired) electrons.